The van der Waals surface area contributed by atoms with Gasteiger partial charge in [0.2, 0.25) is 0 Å². The summed E-state index contributed by atoms with van der Waals surface area (Å²) in [5.41, 5.74) is 0. The fourth-order valence-electron chi connectivity index (χ4n) is 0. The number of hydrogen-bond acceptors (Lipinski definition) is 0. The van der Waals surface area contributed by atoms with Gasteiger partial charge in [-0.05, 0) is 0 Å². The molecule has 0 rings (SSSR count). The van der Waals surface area contributed by atoms with E-state index in [-0.39, 0.29) is 58.7 Å². The average Bonchev–Trinajstić information content (AvgIpc) is 0. The molecule has 6 heteroatoms. The molecule has 8 N–H and O–H groups in total. The van der Waals surface area contributed by atoms with E-state index in [1.54, 1.807) is 0 Å². The molecule has 0 fully saturated rings. The van der Waals surface area contributed by atoms with E-state index in [1.807, 2.05) is 0 Å². The van der Waals surface area contributed by atoms with Crippen molar-refractivity contribution < 1.29 is 58.7 Å². The maximum Gasteiger partial charge on any atom is 2.00 e. The maximum atomic E-state index is 0. The molecule has 0 aliphatic heterocycles. The summed E-state index contributed by atoms with van der Waals surface area (Å²) in [7, 11) is 0. The van der Waals surface area contributed by atoms with E-state index in [1.165, 1.54) is 0 Å². The third kappa shape index (κ3) is 80.4. The predicted octanol–water partition coefficient (Wildman–Crippen LogP) is -3.30. The first kappa shape index (κ1) is 254. The van der Waals surface area contributed by atoms with E-state index < -0.39 is 0 Å². The molecule has 0 aliphatic carbocycles. The molecule has 38 valence electrons. The molecule has 0 radical (unpaired) electrons. The van der Waals surface area contributed by atoms with Crippen LogP contribution in [0.15, 0.2) is 0 Å². The van der Waals surface area contributed by atoms with E-state index in [4.69, 9.17) is 0 Å². The van der Waals surface area contributed by atoms with E-state index in [0.29, 0.717) is 0 Å². The molecule has 0 bridgehead atoms. The normalized spacial score (nSPS) is 0. The Morgan fingerprint density at radius 1 is 0.500 bits per heavy atom. The fraction of sp³-hybridized carbons (Fsp3) is 0. The summed E-state index contributed by atoms with van der Waals surface area (Å²) in [6, 6.07) is 0. The first-order valence-corrected chi connectivity index (χ1v) is 0. The first-order valence-electron chi connectivity index (χ1n) is 0. The van der Waals surface area contributed by atoms with Gasteiger partial charge in [0.1, 0.15) is 0 Å². The van der Waals surface area contributed by atoms with Gasteiger partial charge >= 0.3 is 19.5 Å². The van der Waals surface area contributed by atoms with Crippen LogP contribution in [0.5, 0.6) is 0 Å². The van der Waals surface area contributed by atoms with E-state index in [2.05, 4.69) is 0 Å². The summed E-state index contributed by atoms with van der Waals surface area (Å²) in [5, 5.41) is 0. The second-order valence-electron chi connectivity index (χ2n) is 0. The summed E-state index contributed by atoms with van der Waals surface area (Å²) < 4.78 is 0. The maximum absolute atomic E-state index is 0. The molecular weight excluding hydrogens is 181 g/mol. The van der Waals surface area contributed by atoms with Crippen LogP contribution in [0.2, 0.25) is 0 Å². The molecule has 0 unspecified atom stereocenters. The van der Waals surface area contributed by atoms with Gasteiger partial charge in [0.15, 0.2) is 0 Å². The predicted molar refractivity (Wildman–Crippen MR) is 14.5 cm³/mol. The zero-order chi connectivity index (χ0) is 0. The Morgan fingerprint density at radius 2 is 0.500 bits per heavy atom. The van der Waals surface area contributed by atoms with Crippen molar-refractivity contribution in [2.75, 3.05) is 0 Å². The zero-order valence-electron chi connectivity index (χ0n) is 3.12. The van der Waals surface area contributed by atoms with Crippen LogP contribution in [0.3, 0.4) is 0 Å². The molecule has 0 aromatic rings. The average molecular weight is 189 g/mol. The van der Waals surface area contributed by atoms with E-state index >= 15 is 0 Å². The van der Waals surface area contributed by atoms with Crippen LogP contribution in [0.25, 0.3) is 0 Å². The number of rotatable bonds is 0. The minimum Gasteiger partial charge on any atom is -0.412 e. The van der Waals surface area contributed by atoms with E-state index in [9.17, 15) is 0 Å². The minimum absolute atomic E-state index is 0. The van der Waals surface area contributed by atoms with Gasteiger partial charge in [-0.1, -0.05) is 0 Å². The second kappa shape index (κ2) is 151. The molecule has 0 amide bonds. The summed E-state index contributed by atoms with van der Waals surface area (Å²) >= 11 is 0. The van der Waals surface area contributed by atoms with Gasteiger partial charge in [0, 0.05) is 17.4 Å². The Bertz CT molecular complexity index is 7.51. The molecule has 0 saturated heterocycles. The van der Waals surface area contributed by atoms with Crippen LogP contribution in [0.1, 0.15) is 0 Å². The van der Waals surface area contributed by atoms with Crippen molar-refractivity contribution in [1.29, 1.82) is 0 Å². The first-order chi connectivity index (χ1) is 0. The van der Waals surface area contributed by atoms with Crippen molar-refractivity contribution in [3.05, 3.63) is 0 Å². The summed E-state index contributed by atoms with van der Waals surface area (Å²) in [5.74, 6) is 0. The van der Waals surface area contributed by atoms with Crippen LogP contribution in [0.4, 0.5) is 0 Å². The Kier molecular flexibility index (Phi) is 6380. The minimum atomic E-state index is 0. The van der Waals surface area contributed by atoms with Crippen molar-refractivity contribution in [3.63, 3.8) is 0 Å². The van der Waals surface area contributed by atoms with Gasteiger partial charge in [0.25, 0.3) is 0 Å². The molecular formula is H8CrO4Zn+2. The van der Waals surface area contributed by atoms with Crippen molar-refractivity contribution >= 4 is 0 Å². The van der Waals surface area contributed by atoms with Crippen LogP contribution < -0.4 is 0 Å². The van der Waals surface area contributed by atoms with Crippen molar-refractivity contribution in [3.8, 4) is 0 Å². The molecule has 0 heterocycles. The monoisotopic (exact) mass is 188 g/mol. The summed E-state index contributed by atoms with van der Waals surface area (Å²) in [4.78, 5) is 0. The van der Waals surface area contributed by atoms with Crippen molar-refractivity contribution in [2.24, 2.45) is 0 Å². The Hall–Kier alpha value is 0.996. The topological polar surface area (TPSA) is 126 Å². The molecule has 0 aromatic heterocycles. The van der Waals surface area contributed by atoms with Crippen LogP contribution in [-0.4, -0.2) is 21.9 Å². The largest absolute Gasteiger partial charge is 2.00 e. The third-order valence-corrected chi connectivity index (χ3v) is 0. The number of hydrogen-bond donors (Lipinski definition) is 0. The van der Waals surface area contributed by atoms with Crippen LogP contribution >= 0.6 is 0 Å². The SMILES string of the molecule is O.O.O.O.[Cr].[Zn+2]. The molecule has 0 atom stereocenters. The van der Waals surface area contributed by atoms with Gasteiger partial charge < -0.3 is 21.9 Å². The van der Waals surface area contributed by atoms with Gasteiger partial charge in [-0.3, -0.25) is 0 Å². The van der Waals surface area contributed by atoms with E-state index in [0.717, 1.165) is 0 Å². The Morgan fingerprint density at radius 3 is 0.500 bits per heavy atom. The van der Waals surface area contributed by atoms with Crippen LogP contribution in [0, 0.1) is 0 Å². The standard InChI is InChI=1S/Cr.4H2O.Zn/h;4*1H2;/q;;;;;+2. The van der Waals surface area contributed by atoms with Gasteiger partial charge in [-0.25, -0.2) is 0 Å². The third-order valence-electron chi connectivity index (χ3n) is 0. The molecule has 6 heavy (non-hydrogen) atoms. The molecule has 4 nitrogen and oxygen atoms in total. The Labute approximate surface area is 59.0 Å². The summed E-state index contributed by atoms with van der Waals surface area (Å²) in [6.45, 7) is 0. The van der Waals surface area contributed by atoms with Gasteiger partial charge in [-0.15, -0.1) is 0 Å². The van der Waals surface area contributed by atoms with Crippen molar-refractivity contribution in [2.45, 2.75) is 0 Å². The molecule has 0 aromatic carbocycles. The van der Waals surface area contributed by atoms with Gasteiger partial charge in [-0.2, -0.15) is 0 Å². The second-order valence-corrected chi connectivity index (χ2v) is 0. The smallest absolute Gasteiger partial charge is 0.412 e. The fourth-order valence-corrected chi connectivity index (χ4v) is 0. The zero-order valence-corrected chi connectivity index (χ0v) is 7.36. The van der Waals surface area contributed by atoms with Gasteiger partial charge in [0.05, 0.1) is 0 Å². The van der Waals surface area contributed by atoms with Crippen LogP contribution in [-0.2, 0) is 36.8 Å². The summed E-state index contributed by atoms with van der Waals surface area (Å²) in [6.07, 6.45) is 0. The molecule has 0 spiro atoms. The van der Waals surface area contributed by atoms with Crippen molar-refractivity contribution in [1.82, 2.24) is 0 Å². The molecule has 0 aliphatic rings. The molecule has 0 saturated carbocycles. The Balaban J connectivity index is 0. The quantitative estimate of drug-likeness (QED) is 0.354.